The second-order valence-corrected chi connectivity index (χ2v) is 10.7. The van der Waals surface area contributed by atoms with Crippen molar-refractivity contribution in [1.29, 1.82) is 0 Å². The molecule has 0 radical (unpaired) electrons. The number of nitrogens with one attached hydrogen (secondary N) is 1. The second-order valence-electron chi connectivity index (χ2n) is 9.72. The smallest absolute Gasteiger partial charge is 0.220 e. The molecule has 1 aliphatic heterocycles. The fraction of sp³-hybridized carbons (Fsp3) is 0.731. The number of rotatable bonds is 16. The van der Waals surface area contributed by atoms with Crippen LogP contribution < -0.4 is 15.8 Å². The van der Waals surface area contributed by atoms with Crippen molar-refractivity contribution in [2.75, 3.05) is 39.4 Å². The summed E-state index contributed by atoms with van der Waals surface area (Å²) in [6.45, 7) is 4.57. The Morgan fingerprint density at radius 3 is 2.59 bits per heavy atom. The summed E-state index contributed by atoms with van der Waals surface area (Å²) in [6.07, 6.45) is 8.62. The summed E-state index contributed by atoms with van der Waals surface area (Å²) in [5.41, 5.74) is 6.87. The lowest BCUT2D eigenvalue weighted by molar-refractivity contribution is -0.123. The third-order valence-electron chi connectivity index (χ3n) is 6.78. The molecule has 3 rings (SSSR count). The molecule has 2 unspecified atom stereocenters. The molecular weight excluding hydrogens is 449 g/mol. The summed E-state index contributed by atoms with van der Waals surface area (Å²) in [6, 6.07) is 7.15. The molecule has 0 aromatic heterocycles. The molecule has 34 heavy (non-hydrogen) atoms. The fourth-order valence-electron chi connectivity index (χ4n) is 4.43. The Kier molecular flexibility index (Phi) is 12.1. The summed E-state index contributed by atoms with van der Waals surface area (Å²) in [5.74, 6) is 0.768. The van der Waals surface area contributed by atoms with E-state index in [4.69, 9.17) is 15.2 Å². The average molecular weight is 494 g/mol. The number of benzene rings is 1. The zero-order valence-corrected chi connectivity index (χ0v) is 21.7. The van der Waals surface area contributed by atoms with Gasteiger partial charge in [0.25, 0.3) is 0 Å². The number of amides is 1. The third-order valence-corrected chi connectivity index (χ3v) is 7.33. The minimum Gasteiger partial charge on any atom is -0.494 e. The van der Waals surface area contributed by atoms with Gasteiger partial charge in [-0.3, -0.25) is 4.79 Å². The highest BCUT2D eigenvalue weighted by Crippen LogP contribution is 2.24. The van der Waals surface area contributed by atoms with E-state index in [-0.39, 0.29) is 11.9 Å². The van der Waals surface area contributed by atoms with Gasteiger partial charge in [-0.15, -0.1) is 9.24 Å². The van der Waals surface area contributed by atoms with Crippen LogP contribution in [0.5, 0.6) is 5.75 Å². The van der Waals surface area contributed by atoms with Crippen molar-refractivity contribution < 1.29 is 19.4 Å². The van der Waals surface area contributed by atoms with Gasteiger partial charge in [-0.1, -0.05) is 18.6 Å². The van der Waals surface area contributed by atoms with Gasteiger partial charge in [0.1, 0.15) is 11.9 Å². The molecule has 1 amide bonds. The van der Waals surface area contributed by atoms with Gasteiger partial charge in [0.15, 0.2) is 0 Å². The van der Waals surface area contributed by atoms with Crippen molar-refractivity contribution in [3.8, 4) is 5.75 Å². The Morgan fingerprint density at radius 1 is 1.15 bits per heavy atom. The first-order valence-corrected chi connectivity index (χ1v) is 13.7. The average Bonchev–Trinajstić information content (AvgIpc) is 3.21. The monoisotopic (exact) mass is 493 g/mol. The summed E-state index contributed by atoms with van der Waals surface area (Å²) in [7, 11) is 2.89. The van der Waals surface area contributed by atoms with E-state index in [1.54, 1.807) is 0 Å². The number of likely N-dealkylation sites (tertiary alicyclic amines) is 1. The van der Waals surface area contributed by atoms with Crippen LogP contribution in [0, 0.1) is 0 Å². The predicted molar refractivity (Wildman–Crippen MR) is 139 cm³/mol. The van der Waals surface area contributed by atoms with E-state index in [1.165, 1.54) is 19.3 Å². The first-order chi connectivity index (χ1) is 16.5. The summed E-state index contributed by atoms with van der Waals surface area (Å²) < 4.78 is 11.5. The van der Waals surface area contributed by atoms with Gasteiger partial charge in [0.05, 0.1) is 18.8 Å². The van der Waals surface area contributed by atoms with Gasteiger partial charge in [-0.2, -0.15) is 0 Å². The number of carbonyl (C=O) groups is 1. The highest BCUT2D eigenvalue weighted by atomic mass is 31.0. The van der Waals surface area contributed by atoms with Gasteiger partial charge in [0, 0.05) is 26.1 Å². The maximum atomic E-state index is 12.7. The van der Waals surface area contributed by atoms with E-state index in [0.717, 1.165) is 63.1 Å². The lowest BCUT2D eigenvalue weighted by atomic mass is 9.96. The Morgan fingerprint density at radius 2 is 1.94 bits per heavy atom. The Balaban J connectivity index is 1.47. The minimum absolute atomic E-state index is 0.00678. The van der Waals surface area contributed by atoms with Crippen LogP contribution >= 0.6 is 9.24 Å². The Bertz CT molecular complexity index is 717. The maximum Gasteiger partial charge on any atom is 0.220 e. The molecule has 4 N–H and O–H groups in total. The van der Waals surface area contributed by atoms with Crippen molar-refractivity contribution in [1.82, 2.24) is 10.2 Å². The van der Waals surface area contributed by atoms with Crippen LogP contribution in [0.15, 0.2) is 24.3 Å². The topological polar surface area (TPSA) is 97.0 Å². The fourth-order valence-corrected chi connectivity index (χ4v) is 4.88. The predicted octanol–water partition coefficient (Wildman–Crippen LogP) is 3.01. The Labute approximate surface area is 207 Å². The number of nitrogens with zero attached hydrogens (tertiary/aromatic N) is 1. The molecule has 1 aromatic rings. The highest BCUT2D eigenvalue weighted by molar-refractivity contribution is 7.17. The quantitative estimate of drug-likeness (QED) is 0.242. The molecule has 4 atom stereocenters. The molecule has 2 aliphatic rings. The van der Waals surface area contributed by atoms with E-state index >= 15 is 0 Å². The van der Waals surface area contributed by atoms with Crippen molar-refractivity contribution in [2.45, 2.75) is 81.7 Å². The van der Waals surface area contributed by atoms with Crippen LogP contribution in [0.3, 0.4) is 0 Å². The number of ether oxygens (including phenoxy) is 2. The standard InChI is InChI=1S/C26H44N3O4P/c27-14-5-17-33-22-11-9-20(10-12-22)26(31)24(19-29-15-13-23(34)18-29)28-25(30)8-2-1-3-16-32-21-6-4-7-21/h9-12,21,23-24,26,31H,1-8,13-19,27,34H2,(H,28,30)/t23-,24-,26?/m1/s1. The number of carbonyl (C=O) groups excluding carboxylic acids is 1. The van der Waals surface area contributed by atoms with Crippen LogP contribution in [0.4, 0.5) is 0 Å². The van der Waals surface area contributed by atoms with Crippen LogP contribution in [0.2, 0.25) is 0 Å². The molecule has 1 aromatic carbocycles. The Hall–Kier alpha value is -1.24. The number of aliphatic hydroxyl groups excluding tert-OH is 1. The minimum atomic E-state index is -0.776. The van der Waals surface area contributed by atoms with Gasteiger partial charge in [0.2, 0.25) is 5.91 Å². The summed E-state index contributed by atoms with van der Waals surface area (Å²) in [5, 5.41) is 14.3. The van der Waals surface area contributed by atoms with Crippen LogP contribution in [-0.2, 0) is 9.53 Å². The third kappa shape index (κ3) is 9.43. The molecule has 1 aliphatic carbocycles. The van der Waals surface area contributed by atoms with Gasteiger partial charge < -0.3 is 30.5 Å². The zero-order valence-electron chi connectivity index (χ0n) is 20.5. The summed E-state index contributed by atoms with van der Waals surface area (Å²) >= 11 is 0. The lowest BCUT2D eigenvalue weighted by Gasteiger charge is -2.29. The van der Waals surface area contributed by atoms with Crippen molar-refractivity contribution >= 4 is 15.1 Å². The van der Waals surface area contributed by atoms with Gasteiger partial charge in [-0.25, -0.2) is 0 Å². The van der Waals surface area contributed by atoms with Crippen molar-refractivity contribution in [2.24, 2.45) is 5.73 Å². The molecular formula is C26H44N3O4P. The molecule has 1 saturated heterocycles. The number of unbranched alkanes of at least 4 members (excludes halogenated alkanes) is 2. The molecule has 1 saturated carbocycles. The number of aliphatic hydroxyl groups is 1. The largest absolute Gasteiger partial charge is 0.494 e. The van der Waals surface area contributed by atoms with E-state index in [1.807, 2.05) is 24.3 Å². The molecule has 7 nitrogen and oxygen atoms in total. The normalized spacial score (nSPS) is 20.6. The first-order valence-electron chi connectivity index (χ1n) is 13.0. The molecule has 192 valence electrons. The molecule has 8 heteroatoms. The number of nitrogens with two attached hydrogens (primary N) is 1. The highest BCUT2D eigenvalue weighted by Gasteiger charge is 2.28. The van der Waals surface area contributed by atoms with E-state index < -0.39 is 6.10 Å². The van der Waals surface area contributed by atoms with Crippen LogP contribution in [0.1, 0.15) is 69.5 Å². The van der Waals surface area contributed by atoms with E-state index in [2.05, 4.69) is 19.5 Å². The van der Waals surface area contributed by atoms with E-state index in [0.29, 0.717) is 37.9 Å². The zero-order chi connectivity index (χ0) is 24.2. The molecule has 2 fully saturated rings. The summed E-state index contributed by atoms with van der Waals surface area (Å²) in [4.78, 5) is 15.0. The second kappa shape index (κ2) is 15.0. The van der Waals surface area contributed by atoms with Crippen molar-refractivity contribution in [3.63, 3.8) is 0 Å². The first kappa shape index (κ1) is 27.3. The van der Waals surface area contributed by atoms with Crippen molar-refractivity contribution in [3.05, 3.63) is 29.8 Å². The SMILES string of the molecule is NCCCOc1ccc(C(O)[C@@H](CN2CC[C@@H](P)C2)NC(=O)CCCCCOC2CCC2)cc1. The van der Waals surface area contributed by atoms with Gasteiger partial charge in [-0.05, 0) is 81.4 Å². The van der Waals surface area contributed by atoms with Gasteiger partial charge >= 0.3 is 0 Å². The lowest BCUT2D eigenvalue weighted by Crippen LogP contribution is -2.46. The number of hydrogen-bond acceptors (Lipinski definition) is 6. The maximum absolute atomic E-state index is 12.7. The van der Waals surface area contributed by atoms with Crippen LogP contribution in [-0.4, -0.2) is 73.1 Å². The molecule has 0 bridgehead atoms. The number of hydrogen-bond donors (Lipinski definition) is 3. The van der Waals surface area contributed by atoms with E-state index in [9.17, 15) is 9.90 Å². The van der Waals surface area contributed by atoms with Crippen LogP contribution in [0.25, 0.3) is 0 Å². The molecule has 1 heterocycles. The molecule has 0 spiro atoms.